The number of nitrogens with zero attached hydrogens (tertiary/aromatic N) is 1. The lowest BCUT2D eigenvalue weighted by Crippen LogP contribution is -2.58. The van der Waals surface area contributed by atoms with Crippen molar-refractivity contribution in [3.8, 4) is 0 Å². The van der Waals surface area contributed by atoms with Crippen LogP contribution in [0.25, 0.3) is 0 Å². The highest BCUT2D eigenvalue weighted by Crippen LogP contribution is 2.49. The number of nitrogens with one attached hydrogen (secondary N) is 1. The van der Waals surface area contributed by atoms with Crippen LogP contribution in [0.4, 0.5) is 0 Å². The third-order valence-corrected chi connectivity index (χ3v) is 9.48. The molecule has 4 heterocycles. The van der Waals surface area contributed by atoms with Crippen LogP contribution in [0.3, 0.4) is 0 Å². The van der Waals surface area contributed by atoms with Crippen LogP contribution in [0.5, 0.6) is 0 Å². The molecule has 7 nitrogen and oxygen atoms in total. The second kappa shape index (κ2) is 10.1. The largest absolute Gasteiger partial charge is 0.476 e. The predicted molar refractivity (Wildman–Crippen MR) is 136 cm³/mol. The summed E-state index contributed by atoms with van der Waals surface area (Å²) in [6.07, 6.45) is 2.00. The topological polar surface area (TPSA) is 102 Å². The Kier molecular flexibility index (Phi) is 7.70. The minimum absolute atomic E-state index is 0.0584. The molecule has 0 aromatic carbocycles. The van der Waals surface area contributed by atoms with Gasteiger partial charge < -0.3 is 19.6 Å². The lowest BCUT2D eigenvalue weighted by molar-refractivity contribution is -0.357. The van der Waals surface area contributed by atoms with E-state index in [-0.39, 0.29) is 52.5 Å². The normalized spacial score (nSPS) is 32.9. The van der Waals surface area contributed by atoms with E-state index < -0.39 is 17.7 Å². The Bertz CT molecular complexity index is 1080. The average Bonchev–Trinajstić information content (AvgIpc) is 3.44. The first kappa shape index (κ1) is 26.6. The predicted octanol–water partition coefficient (Wildman–Crippen LogP) is 6.67. The number of halogens is 2. The molecule has 0 aliphatic carbocycles. The first-order chi connectivity index (χ1) is 16.4. The van der Waals surface area contributed by atoms with Gasteiger partial charge in [0, 0.05) is 29.6 Å². The van der Waals surface area contributed by atoms with Crippen LogP contribution in [0.2, 0.25) is 10.2 Å². The third kappa shape index (κ3) is 5.05. The van der Waals surface area contributed by atoms with E-state index in [9.17, 15) is 14.7 Å². The molecule has 192 valence electrons. The SMILES string of the molecule is C[C@@H]1C[C@@H](C)[C@]2(CC[C@H](C)[C@@H]([C@@H](C)c3nc(C(=O)O)cs3)O2)O[C@@H]1[C@H](C)C(=O)c1cc(Cl)c(Cl)[nH]1. The molecule has 2 fully saturated rings. The molecule has 1 spiro atoms. The summed E-state index contributed by atoms with van der Waals surface area (Å²) < 4.78 is 13.6. The highest BCUT2D eigenvalue weighted by Gasteiger charge is 2.53. The number of ketones is 1. The number of aromatic amines is 1. The molecule has 0 amide bonds. The molecule has 10 heteroatoms. The Balaban J connectivity index is 1.56. The average molecular weight is 544 g/mol. The van der Waals surface area contributed by atoms with Crippen molar-refractivity contribution in [2.24, 2.45) is 23.7 Å². The van der Waals surface area contributed by atoms with Gasteiger partial charge in [-0.15, -0.1) is 11.3 Å². The van der Waals surface area contributed by atoms with Gasteiger partial charge in [-0.25, -0.2) is 9.78 Å². The van der Waals surface area contributed by atoms with Crippen LogP contribution in [0, 0.1) is 23.7 Å². The number of aromatic carboxylic acids is 1. The lowest BCUT2D eigenvalue weighted by atomic mass is 9.74. The fraction of sp³-hybridized carbons (Fsp3) is 0.640. The summed E-state index contributed by atoms with van der Waals surface area (Å²) in [6.45, 7) is 10.3. The van der Waals surface area contributed by atoms with Crippen molar-refractivity contribution >= 4 is 46.3 Å². The van der Waals surface area contributed by atoms with E-state index in [1.165, 1.54) is 11.3 Å². The fourth-order valence-corrected chi connectivity index (χ4v) is 6.84. The van der Waals surface area contributed by atoms with Crippen molar-refractivity contribution in [3.05, 3.63) is 38.0 Å². The number of hydrogen-bond donors (Lipinski definition) is 2. The molecule has 0 saturated carbocycles. The van der Waals surface area contributed by atoms with Crippen LogP contribution in [0.15, 0.2) is 11.4 Å². The van der Waals surface area contributed by atoms with Gasteiger partial charge in [-0.1, -0.05) is 57.8 Å². The molecule has 2 aliphatic rings. The third-order valence-electron chi connectivity index (χ3n) is 7.74. The summed E-state index contributed by atoms with van der Waals surface area (Å²) in [5.41, 5.74) is 0.432. The van der Waals surface area contributed by atoms with E-state index in [4.69, 9.17) is 32.7 Å². The van der Waals surface area contributed by atoms with Gasteiger partial charge in [0.25, 0.3) is 0 Å². The van der Waals surface area contributed by atoms with Gasteiger partial charge in [-0.2, -0.15) is 0 Å². The summed E-state index contributed by atoms with van der Waals surface area (Å²) in [6, 6.07) is 1.56. The molecular weight excluding hydrogens is 511 g/mol. The van der Waals surface area contributed by atoms with Gasteiger partial charge >= 0.3 is 5.97 Å². The molecule has 8 atom stereocenters. The number of carbonyl (C=O) groups is 2. The van der Waals surface area contributed by atoms with Crippen molar-refractivity contribution in [1.82, 2.24) is 9.97 Å². The number of aromatic nitrogens is 2. The summed E-state index contributed by atoms with van der Waals surface area (Å²) >= 11 is 13.4. The first-order valence-corrected chi connectivity index (χ1v) is 13.7. The smallest absolute Gasteiger partial charge is 0.355 e. The standard InChI is InChI=1S/C25H32Cl2N2O5S/c1-11-6-7-25(33-20(11)15(5)23-29-18(10-35-23)24(31)32)13(3)8-12(2)21(34-25)14(4)19(30)17-9-16(26)22(27)28-17/h9-15,20-21,28H,6-8H2,1-5H3,(H,31,32)/t11-,12+,13+,14+,15+,20-,21-,25-/m0/s1. The zero-order valence-corrected chi connectivity index (χ0v) is 22.8. The molecule has 35 heavy (non-hydrogen) atoms. The maximum absolute atomic E-state index is 13.3. The zero-order valence-electron chi connectivity index (χ0n) is 20.5. The minimum Gasteiger partial charge on any atom is -0.476 e. The van der Waals surface area contributed by atoms with Gasteiger partial charge in [0.05, 0.1) is 27.9 Å². The lowest BCUT2D eigenvalue weighted by Gasteiger charge is -2.54. The molecule has 2 aromatic heterocycles. The molecular formula is C25H32Cl2N2O5S. The van der Waals surface area contributed by atoms with E-state index in [0.717, 1.165) is 24.3 Å². The Hall–Kier alpha value is -1.45. The number of ether oxygens (including phenoxy) is 2. The van der Waals surface area contributed by atoms with Gasteiger partial charge in [0.2, 0.25) is 0 Å². The molecule has 4 rings (SSSR count). The monoisotopic (exact) mass is 542 g/mol. The summed E-state index contributed by atoms with van der Waals surface area (Å²) in [5.74, 6) is -1.90. The number of carboxylic acids is 1. The summed E-state index contributed by atoms with van der Waals surface area (Å²) in [4.78, 5) is 31.8. The molecule has 2 aromatic rings. The van der Waals surface area contributed by atoms with Crippen molar-refractivity contribution in [2.75, 3.05) is 0 Å². The van der Waals surface area contributed by atoms with Gasteiger partial charge in [0.1, 0.15) is 5.15 Å². The number of Topliss-reactive ketones (excluding diaryl/α,β-unsaturated/α-hetero) is 1. The summed E-state index contributed by atoms with van der Waals surface area (Å²) in [7, 11) is 0. The second-order valence-electron chi connectivity index (χ2n) is 10.3. The minimum atomic E-state index is -1.03. The van der Waals surface area contributed by atoms with Crippen LogP contribution in [-0.2, 0) is 9.47 Å². The van der Waals surface area contributed by atoms with Crippen LogP contribution in [-0.4, -0.2) is 44.8 Å². The quantitative estimate of drug-likeness (QED) is 0.395. The molecule has 0 unspecified atom stereocenters. The Morgan fingerprint density at radius 1 is 1.20 bits per heavy atom. The van der Waals surface area contributed by atoms with Crippen molar-refractivity contribution in [2.45, 2.75) is 77.8 Å². The highest BCUT2D eigenvalue weighted by molar-refractivity contribution is 7.09. The zero-order chi connectivity index (χ0) is 25.7. The first-order valence-electron chi connectivity index (χ1n) is 12.1. The maximum Gasteiger partial charge on any atom is 0.355 e. The van der Waals surface area contributed by atoms with Crippen molar-refractivity contribution < 1.29 is 24.2 Å². The summed E-state index contributed by atoms with van der Waals surface area (Å²) in [5, 5.41) is 12.2. The van der Waals surface area contributed by atoms with E-state index in [2.05, 4.69) is 30.7 Å². The van der Waals surface area contributed by atoms with E-state index in [0.29, 0.717) is 10.7 Å². The molecule has 0 bridgehead atoms. The second-order valence-corrected chi connectivity index (χ2v) is 11.9. The van der Waals surface area contributed by atoms with Crippen LogP contribution >= 0.6 is 34.5 Å². The van der Waals surface area contributed by atoms with Gasteiger partial charge in [0.15, 0.2) is 17.3 Å². The van der Waals surface area contributed by atoms with Crippen LogP contribution < -0.4 is 0 Å². The molecule has 0 radical (unpaired) electrons. The molecule has 2 saturated heterocycles. The van der Waals surface area contributed by atoms with E-state index >= 15 is 0 Å². The number of carbonyl (C=O) groups excluding carboxylic acids is 1. The highest BCUT2D eigenvalue weighted by atomic mass is 35.5. The fourth-order valence-electron chi connectivity index (χ4n) is 5.64. The Labute approximate surface area is 219 Å². The number of rotatable bonds is 6. The number of carboxylic acid groups (broad SMARTS) is 1. The Morgan fingerprint density at radius 2 is 1.89 bits per heavy atom. The number of H-pyrrole nitrogens is 1. The Morgan fingerprint density at radius 3 is 2.49 bits per heavy atom. The maximum atomic E-state index is 13.3. The van der Waals surface area contributed by atoms with Crippen LogP contribution in [0.1, 0.15) is 85.8 Å². The van der Waals surface area contributed by atoms with Crippen molar-refractivity contribution in [3.63, 3.8) is 0 Å². The van der Waals surface area contributed by atoms with E-state index in [1.54, 1.807) is 11.4 Å². The van der Waals surface area contributed by atoms with Crippen molar-refractivity contribution in [1.29, 1.82) is 0 Å². The number of thiazole rings is 1. The molecule has 2 N–H and O–H groups in total. The van der Waals surface area contributed by atoms with Gasteiger partial charge in [-0.3, -0.25) is 4.79 Å². The van der Waals surface area contributed by atoms with E-state index in [1.807, 2.05) is 13.8 Å². The molecule has 2 aliphatic heterocycles. The number of hydrogen-bond acceptors (Lipinski definition) is 6. The van der Waals surface area contributed by atoms with Gasteiger partial charge in [-0.05, 0) is 30.7 Å².